The average molecular weight is 116 g/mol. The van der Waals surface area contributed by atoms with E-state index in [1.807, 2.05) is 18.4 Å². The molecule has 0 saturated heterocycles. The molecule has 0 aromatic carbocycles. The lowest BCUT2D eigenvalue weighted by Crippen LogP contribution is -1.41. The van der Waals surface area contributed by atoms with Gasteiger partial charge in [0.05, 0.1) is 0 Å². The second kappa shape index (κ2) is 5.69. The molecule has 0 aromatic heterocycles. The zero-order chi connectivity index (χ0) is 5.54. The molecule has 0 aliphatic heterocycles. The Kier molecular flexibility index (Phi) is 5.44. The van der Waals surface area contributed by atoms with Gasteiger partial charge in [0, 0.05) is 19.0 Å². The van der Waals surface area contributed by atoms with Gasteiger partial charge in [0.1, 0.15) is 0 Å². The van der Waals surface area contributed by atoms with Gasteiger partial charge < -0.3 is 0 Å². The van der Waals surface area contributed by atoms with E-state index in [-0.39, 0.29) is 0 Å². The summed E-state index contributed by atoms with van der Waals surface area (Å²) in [6, 6.07) is 0. The topological polar surface area (TPSA) is 24.7 Å². The van der Waals surface area contributed by atoms with Crippen LogP contribution in [0.5, 0.6) is 0 Å². The molecule has 0 aromatic rings. The first-order valence-electron chi connectivity index (χ1n) is 1.98. The Labute approximate surface area is 47.8 Å². The molecule has 0 bridgehead atoms. The van der Waals surface area contributed by atoms with Crippen molar-refractivity contribution in [1.29, 1.82) is 0 Å². The molecule has 0 radical (unpaired) electrons. The minimum absolute atomic E-state index is 1.33. The van der Waals surface area contributed by atoms with Gasteiger partial charge in [0.15, 0.2) is 0 Å². The van der Waals surface area contributed by atoms with E-state index in [0.29, 0.717) is 0 Å². The van der Waals surface area contributed by atoms with E-state index in [0.717, 1.165) is 0 Å². The minimum Gasteiger partial charge on any atom is -0.185 e. The number of allylic oxidation sites excluding steroid dienone is 1. The molecule has 0 saturated carbocycles. The largest absolute Gasteiger partial charge is 0.185 e. The average Bonchev–Trinajstić information content (AvgIpc) is 1.69. The van der Waals surface area contributed by atoms with Crippen molar-refractivity contribution in [2.45, 2.75) is 6.92 Å². The highest BCUT2D eigenvalue weighted by Crippen LogP contribution is 2.01. The first-order valence-corrected chi connectivity index (χ1v) is 2.81. The summed E-state index contributed by atoms with van der Waals surface area (Å²) >= 11 is 1.33. The zero-order valence-electron chi connectivity index (χ0n) is 4.46. The molecule has 0 unspecified atom stereocenters. The van der Waals surface area contributed by atoms with E-state index < -0.39 is 0 Å². The molecule has 2 nitrogen and oxygen atoms in total. The van der Waals surface area contributed by atoms with E-state index >= 15 is 0 Å². The predicted molar refractivity (Wildman–Crippen MR) is 33.2 cm³/mol. The summed E-state index contributed by atoms with van der Waals surface area (Å²) in [5.74, 6) is 0. The molecular formula is C4H8N2S. The van der Waals surface area contributed by atoms with Crippen LogP contribution in [0.1, 0.15) is 6.92 Å². The molecule has 0 rings (SSSR count). The van der Waals surface area contributed by atoms with Crippen LogP contribution >= 0.6 is 11.9 Å². The number of hydrogen-bond donors (Lipinski definition) is 0. The van der Waals surface area contributed by atoms with Crippen molar-refractivity contribution in [1.82, 2.24) is 0 Å². The Morgan fingerprint density at radius 2 is 2.29 bits per heavy atom. The van der Waals surface area contributed by atoms with Gasteiger partial charge in [-0.1, -0.05) is 6.08 Å². The highest BCUT2D eigenvalue weighted by atomic mass is 32.2. The maximum Gasteiger partial charge on any atom is 0.0498 e. The van der Waals surface area contributed by atoms with Crippen LogP contribution in [-0.4, -0.2) is 7.05 Å². The van der Waals surface area contributed by atoms with Crippen LogP contribution in [0.25, 0.3) is 0 Å². The van der Waals surface area contributed by atoms with Crippen LogP contribution in [-0.2, 0) is 0 Å². The van der Waals surface area contributed by atoms with Gasteiger partial charge in [0.2, 0.25) is 0 Å². The summed E-state index contributed by atoms with van der Waals surface area (Å²) in [4.78, 5) is 0. The summed E-state index contributed by atoms with van der Waals surface area (Å²) in [6.45, 7) is 1.94. The Morgan fingerprint density at radius 1 is 1.57 bits per heavy atom. The first-order chi connectivity index (χ1) is 3.41. The van der Waals surface area contributed by atoms with Crippen molar-refractivity contribution in [3.8, 4) is 0 Å². The van der Waals surface area contributed by atoms with Crippen LogP contribution in [0.15, 0.2) is 21.1 Å². The number of rotatable bonds is 2. The van der Waals surface area contributed by atoms with E-state index in [2.05, 4.69) is 9.63 Å². The Hall–Kier alpha value is -0.310. The lowest BCUT2D eigenvalue weighted by molar-refractivity contribution is 1.26. The molecule has 0 heterocycles. The standard InChI is InChI=1S/C4H8N2S/c1-3-4-7-6-5-2/h3-4H,1-2H3/b4-3-,6-5?. The summed E-state index contributed by atoms with van der Waals surface area (Å²) in [5, 5.41) is 5.38. The first kappa shape index (κ1) is 6.69. The van der Waals surface area contributed by atoms with Gasteiger partial charge in [0.25, 0.3) is 0 Å². The van der Waals surface area contributed by atoms with Crippen LogP contribution in [0.4, 0.5) is 0 Å². The third-order valence-corrected chi connectivity index (χ3v) is 0.977. The SMILES string of the molecule is C/C=C\SN=NC. The molecule has 40 valence electrons. The lowest BCUT2D eigenvalue weighted by atomic mass is 10.8. The zero-order valence-corrected chi connectivity index (χ0v) is 5.27. The molecule has 0 atom stereocenters. The van der Waals surface area contributed by atoms with Crippen molar-refractivity contribution >= 4 is 11.9 Å². The maximum atomic E-state index is 3.62. The van der Waals surface area contributed by atoms with E-state index in [1.54, 1.807) is 7.05 Å². The summed E-state index contributed by atoms with van der Waals surface area (Å²) in [7, 11) is 1.65. The number of hydrogen-bond acceptors (Lipinski definition) is 3. The quantitative estimate of drug-likeness (QED) is 0.401. The van der Waals surface area contributed by atoms with Gasteiger partial charge in [-0.15, -0.1) is 4.52 Å². The van der Waals surface area contributed by atoms with Crippen LogP contribution in [0, 0.1) is 0 Å². The monoisotopic (exact) mass is 116 g/mol. The van der Waals surface area contributed by atoms with Crippen molar-refractivity contribution in [3.05, 3.63) is 11.5 Å². The molecule has 0 spiro atoms. The van der Waals surface area contributed by atoms with Crippen molar-refractivity contribution < 1.29 is 0 Å². The molecule has 0 fully saturated rings. The van der Waals surface area contributed by atoms with Crippen LogP contribution in [0.3, 0.4) is 0 Å². The van der Waals surface area contributed by atoms with Crippen molar-refractivity contribution in [2.24, 2.45) is 9.63 Å². The number of nitrogens with zero attached hydrogens (tertiary/aromatic N) is 2. The fourth-order valence-corrected chi connectivity index (χ4v) is 0.406. The van der Waals surface area contributed by atoms with Crippen molar-refractivity contribution in [2.75, 3.05) is 7.05 Å². The Balaban J connectivity index is 2.98. The van der Waals surface area contributed by atoms with Crippen LogP contribution in [0.2, 0.25) is 0 Å². The third-order valence-electron chi connectivity index (χ3n) is 0.326. The minimum atomic E-state index is 1.33. The predicted octanol–water partition coefficient (Wildman–Crippen LogP) is 2.25. The highest BCUT2D eigenvalue weighted by molar-refractivity contribution is 8.00. The molecule has 3 heteroatoms. The molecule has 0 amide bonds. The van der Waals surface area contributed by atoms with Gasteiger partial charge >= 0.3 is 0 Å². The summed E-state index contributed by atoms with van der Waals surface area (Å²) in [6.07, 6.45) is 1.92. The lowest BCUT2D eigenvalue weighted by Gasteiger charge is -1.72. The van der Waals surface area contributed by atoms with E-state index in [9.17, 15) is 0 Å². The normalized spacial score (nSPS) is 11.7. The van der Waals surface area contributed by atoms with E-state index in [4.69, 9.17) is 0 Å². The van der Waals surface area contributed by atoms with Gasteiger partial charge in [-0.05, 0) is 12.3 Å². The van der Waals surface area contributed by atoms with Gasteiger partial charge in [-0.3, -0.25) is 0 Å². The van der Waals surface area contributed by atoms with Crippen molar-refractivity contribution in [3.63, 3.8) is 0 Å². The highest BCUT2D eigenvalue weighted by Gasteiger charge is 1.63. The molecular weight excluding hydrogens is 108 g/mol. The Bertz CT molecular complexity index is 67.8. The summed E-state index contributed by atoms with van der Waals surface area (Å²) in [5.41, 5.74) is 0. The van der Waals surface area contributed by atoms with Crippen LogP contribution < -0.4 is 0 Å². The molecule has 7 heavy (non-hydrogen) atoms. The fraction of sp³-hybridized carbons (Fsp3) is 0.500. The fourth-order valence-electron chi connectivity index (χ4n) is 0.135. The summed E-state index contributed by atoms with van der Waals surface area (Å²) < 4.78 is 3.62. The smallest absolute Gasteiger partial charge is 0.0498 e. The molecule has 0 N–H and O–H groups in total. The van der Waals surface area contributed by atoms with E-state index in [1.165, 1.54) is 11.9 Å². The Morgan fingerprint density at radius 3 is 2.71 bits per heavy atom. The third kappa shape index (κ3) is 5.69. The molecule has 0 aliphatic carbocycles. The molecule has 0 aliphatic rings. The second-order valence-corrected chi connectivity index (χ2v) is 1.50. The maximum absolute atomic E-state index is 3.62. The second-order valence-electron chi connectivity index (χ2n) is 0.856. The van der Waals surface area contributed by atoms with Gasteiger partial charge in [-0.25, -0.2) is 0 Å². The van der Waals surface area contributed by atoms with Gasteiger partial charge in [-0.2, -0.15) is 5.11 Å².